The van der Waals surface area contributed by atoms with Crippen LogP contribution in [0, 0.1) is 23.2 Å². The Morgan fingerprint density at radius 2 is 1.94 bits per heavy atom. The third kappa shape index (κ3) is 5.42. The van der Waals surface area contributed by atoms with Crippen molar-refractivity contribution in [2.45, 2.75) is 66.7 Å². The Bertz CT molecular complexity index is 208. The van der Waals surface area contributed by atoms with Crippen LogP contribution in [0.4, 0.5) is 0 Å². The van der Waals surface area contributed by atoms with Crippen LogP contribution >= 0.6 is 0 Å². The SMILES string of the molecule is CCNCC1CCC(C)(C)CC1CCC(C)C. The maximum atomic E-state index is 3.56. The van der Waals surface area contributed by atoms with Gasteiger partial charge in [-0.25, -0.2) is 0 Å². The molecule has 1 rings (SSSR count). The van der Waals surface area contributed by atoms with Crippen molar-refractivity contribution < 1.29 is 0 Å². The number of hydrogen-bond acceptors (Lipinski definition) is 1. The van der Waals surface area contributed by atoms with E-state index in [0.29, 0.717) is 5.41 Å². The fourth-order valence-electron chi connectivity index (χ4n) is 3.27. The molecule has 0 aliphatic heterocycles. The number of rotatable bonds is 6. The van der Waals surface area contributed by atoms with E-state index in [1.165, 1.54) is 38.6 Å². The second-order valence-electron chi connectivity index (χ2n) is 7.21. The molecule has 0 aromatic rings. The molecule has 0 amide bonds. The van der Waals surface area contributed by atoms with Gasteiger partial charge in [0.25, 0.3) is 0 Å². The van der Waals surface area contributed by atoms with Crippen molar-refractivity contribution in [1.82, 2.24) is 5.32 Å². The highest BCUT2D eigenvalue weighted by atomic mass is 14.8. The molecule has 0 saturated heterocycles. The lowest BCUT2D eigenvalue weighted by atomic mass is 9.65. The molecule has 0 bridgehead atoms. The van der Waals surface area contributed by atoms with Crippen molar-refractivity contribution >= 4 is 0 Å². The van der Waals surface area contributed by atoms with Gasteiger partial charge in [-0.05, 0) is 61.9 Å². The molecule has 2 unspecified atom stereocenters. The molecule has 1 N–H and O–H groups in total. The van der Waals surface area contributed by atoms with E-state index in [0.717, 1.165) is 24.3 Å². The molecule has 17 heavy (non-hydrogen) atoms. The molecule has 1 aliphatic carbocycles. The first-order valence-corrected chi connectivity index (χ1v) is 7.65. The first-order chi connectivity index (χ1) is 7.94. The lowest BCUT2D eigenvalue weighted by Gasteiger charge is -2.41. The minimum Gasteiger partial charge on any atom is -0.317 e. The lowest BCUT2D eigenvalue weighted by molar-refractivity contribution is 0.106. The van der Waals surface area contributed by atoms with Gasteiger partial charge < -0.3 is 5.32 Å². The van der Waals surface area contributed by atoms with Gasteiger partial charge in [0, 0.05) is 0 Å². The van der Waals surface area contributed by atoms with Crippen molar-refractivity contribution in [3.05, 3.63) is 0 Å². The van der Waals surface area contributed by atoms with Crippen LogP contribution in [-0.4, -0.2) is 13.1 Å². The average Bonchev–Trinajstić information content (AvgIpc) is 2.24. The largest absolute Gasteiger partial charge is 0.317 e. The van der Waals surface area contributed by atoms with Crippen molar-refractivity contribution in [2.24, 2.45) is 23.2 Å². The van der Waals surface area contributed by atoms with Gasteiger partial charge in [0.05, 0.1) is 0 Å². The Labute approximate surface area is 109 Å². The highest BCUT2D eigenvalue weighted by molar-refractivity contribution is 4.86. The van der Waals surface area contributed by atoms with Crippen LogP contribution < -0.4 is 5.32 Å². The summed E-state index contributed by atoms with van der Waals surface area (Å²) in [6, 6.07) is 0. The second kappa shape index (κ2) is 6.78. The molecule has 1 saturated carbocycles. The highest BCUT2D eigenvalue weighted by Gasteiger charge is 2.34. The summed E-state index contributed by atoms with van der Waals surface area (Å²) in [7, 11) is 0. The molecule has 1 fully saturated rings. The summed E-state index contributed by atoms with van der Waals surface area (Å²) in [6.07, 6.45) is 7.14. The van der Waals surface area contributed by atoms with Crippen LogP contribution in [0.3, 0.4) is 0 Å². The summed E-state index contributed by atoms with van der Waals surface area (Å²) >= 11 is 0. The summed E-state index contributed by atoms with van der Waals surface area (Å²) in [4.78, 5) is 0. The third-order valence-corrected chi connectivity index (χ3v) is 4.44. The van der Waals surface area contributed by atoms with Crippen molar-refractivity contribution in [1.29, 1.82) is 0 Å². The first-order valence-electron chi connectivity index (χ1n) is 7.65. The Balaban J connectivity index is 2.49. The quantitative estimate of drug-likeness (QED) is 0.721. The van der Waals surface area contributed by atoms with E-state index < -0.39 is 0 Å². The van der Waals surface area contributed by atoms with Gasteiger partial charge in [0.2, 0.25) is 0 Å². The fourth-order valence-corrected chi connectivity index (χ4v) is 3.27. The van der Waals surface area contributed by atoms with Crippen LogP contribution in [0.2, 0.25) is 0 Å². The fraction of sp³-hybridized carbons (Fsp3) is 1.00. The molecule has 0 spiro atoms. The Morgan fingerprint density at radius 3 is 2.53 bits per heavy atom. The first kappa shape index (κ1) is 15.0. The predicted molar refractivity (Wildman–Crippen MR) is 77.2 cm³/mol. The summed E-state index contributed by atoms with van der Waals surface area (Å²) in [6.45, 7) is 14.2. The van der Waals surface area contributed by atoms with E-state index in [1.807, 2.05) is 0 Å². The lowest BCUT2D eigenvalue weighted by Crippen LogP contribution is -2.36. The van der Waals surface area contributed by atoms with Crippen LogP contribution in [0.1, 0.15) is 66.7 Å². The minimum atomic E-state index is 0.588. The molecule has 2 atom stereocenters. The van der Waals surface area contributed by atoms with Crippen molar-refractivity contribution in [3.63, 3.8) is 0 Å². The Morgan fingerprint density at radius 1 is 1.24 bits per heavy atom. The molecule has 1 nitrogen and oxygen atoms in total. The summed E-state index contributed by atoms with van der Waals surface area (Å²) in [5.74, 6) is 2.75. The Kier molecular flexibility index (Phi) is 5.99. The molecule has 1 aliphatic rings. The minimum absolute atomic E-state index is 0.588. The van der Waals surface area contributed by atoms with Gasteiger partial charge in [-0.15, -0.1) is 0 Å². The topological polar surface area (TPSA) is 12.0 Å². The molecular formula is C16H33N. The van der Waals surface area contributed by atoms with Crippen molar-refractivity contribution in [2.75, 3.05) is 13.1 Å². The molecule has 0 aromatic carbocycles. The maximum Gasteiger partial charge on any atom is -0.00180 e. The van der Waals surface area contributed by atoms with Crippen LogP contribution in [0.15, 0.2) is 0 Å². The summed E-state index contributed by atoms with van der Waals surface area (Å²) in [5, 5.41) is 3.56. The molecule has 0 aromatic heterocycles. The maximum absolute atomic E-state index is 3.56. The zero-order valence-electron chi connectivity index (χ0n) is 12.7. The molecule has 102 valence electrons. The zero-order valence-corrected chi connectivity index (χ0v) is 12.7. The standard InChI is InChI=1S/C16H33N/c1-6-17-12-15-9-10-16(4,5)11-14(15)8-7-13(2)3/h13-15,17H,6-12H2,1-5H3. The van der Waals surface area contributed by atoms with Crippen molar-refractivity contribution in [3.8, 4) is 0 Å². The van der Waals surface area contributed by atoms with Gasteiger partial charge in [-0.3, -0.25) is 0 Å². The second-order valence-corrected chi connectivity index (χ2v) is 7.21. The van der Waals surface area contributed by atoms with E-state index in [-0.39, 0.29) is 0 Å². The number of nitrogens with one attached hydrogen (secondary N) is 1. The molecule has 0 heterocycles. The third-order valence-electron chi connectivity index (χ3n) is 4.44. The summed E-state index contributed by atoms with van der Waals surface area (Å²) in [5.41, 5.74) is 0.588. The van der Waals surface area contributed by atoms with Crippen LogP contribution in [-0.2, 0) is 0 Å². The monoisotopic (exact) mass is 239 g/mol. The van der Waals surface area contributed by atoms with E-state index >= 15 is 0 Å². The zero-order chi connectivity index (χ0) is 12.9. The summed E-state index contributed by atoms with van der Waals surface area (Å²) < 4.78 is 0. The van der Waals surface area contributed by atoms with Crippen LogP contribution in [0.25, 0.3) is 0 Å². The van der Waals surface area contributed by atoms with E-state index in [1.54, 1.807) is 0 Å². The van der Waals surface area contributed by atoms with E-state index in [4.69, 9.17) is 0 Å². The number of hydrogen-bond donors (Lipinski definition) is 1. The van der Waals surface area contributed by atoms with Gasteiger partial charge in [-0.2, -0.15) is 0 Å². The van der Waals surface area contributed by atoms with Gasteiger partial charge >= 0.3 is 0 Å². The van der Waals surface area contributed by atoms with E-state index in [2.05, 4.69) is 39.9 Å². The molecular weight excluding hydrogens is 206 g/mol. The van der Waals surface area contributed by atoms with Crippen LogP contribution in [0.5, 0.6) is 0 Å². The molecule has 0 radical (unpaired) electrons. The molecule has 1 heteroatoms. The van der Waals surface area contributed by atoms with Gasteiger partial charge in [0.1, 0.15) is 0 Å². The van der Waals surface area contributed by atoms with Gasteiger partial charge in [0.15, 0.2) is 0 Å². The van der Waals surface area contributed by atoms with E-state index in [9.17, 15) is 0 Å². The predicted octanol–water partition coefficient (Wildman–Crippen LogP) is 4.47. The average molecular weight is 239 g/mol. The van der Waals surface area contributed by atoms with Gasteiger partial charge in [-0.1, -0.05) is 41.0 Å². The highest BCUT2D eigenvalue weighted by Crippen LogP contribution is 2.43. The normalized spacial score (nSPS) is 28.6. The Hall–Kier alpha value is -0.0400. The smallest absolute Gasteiger partial charge is 0.00180 e.